The van der Waals surface area contributed by atoms with Gasteiger partial charge in [-0.05, 0) is 69.2 Å². The van der Waals surface area contributed by atoms with Crippen LogP contribution in [0.5, 0.6) is 0 Å². The number of rotatable bonds is 12. The third-order valence-corrected chi connectivity index (χ3v) is 9.85. The molecule has 0 spiro atoms. The van der Waals surface area contributed by atoms with E-state index in [-0.39, 0.29) is 29.8 Å². The highest BCUT2D eigenvalue weighted by Gasteiger charge is 2.35. The molecular weight excluding hydrogens is 629 g/mol. The largest absolute Gasteiger partial charge is 0.352 e. The summed E-state index contributed by atoms with van der Waals surface area (Å²) in [6.07, 6.45) is 0.183. The van der Waals surface area contributed by atoms with Gasteiger partial charge in [0, 0.05) is 34.6 Å². The van der Waals surface area contributed by atoms with Gasteiger partial charge in [0.05, 0.1) is 10.6 Å². The Labute approximate surface area is 275 Å². The maximum Gasteiger partial charge on any atom is 0.264 e. The number of carbonyl (C=O) groups excluding carboxylic acids is 2. The molecule has 4 aromatic rings. The molecule has 1 atom stereocenters. The maximum absolute atomic E-state index is 14.6. The molecule has 0 aliphatic carbocycles. The summed E-state index contributed by atoms with van der Waals surface area (Å²) < 4.78 is 29.5. The number of sulfonamides is 1. The SMILES string of the molecule is Cc1ccc(S(=O)(=O)N(CC(=O)N(Cc2c(Cl)cccc2Cl)[C@@H](Cc2ccccc2)C(=O)NC(C)C)c2ccccc2C)cc1. The Kier molecular flexibility index (Phi) is 11.3. The van der Waals surface area contributed by atoms with Crippen molar-refractivity contribution < 1.29 is 18.0 Å². The van der Waals surface area contributed by atoms with Crippen LogP contribution in [0.15, 0.2) is 102 Å². The van der Waals surface area contributed by atoms with Crippen LogP contribution >= 0.6 is 23.2 Å². The number of para-hydroxylation sites is 1. The van der Waals surface area contributed by atoms with E-state index in [1.54, 1.807) is 61.5 Å². The number of nitrogens with one attached hydrogen (secondary N) is 1. The lowest BCUT2D eigenvalue weighted by molar-refractivity contribution is -0.140. The van der Waals surface area contributed by atoms with Gasteiger partial charge in [0.25, 0.3) is 10.0 Å². The van der Waals surface area contributed by atoms with Gasteiger partial charge in [-0.3, -0.25) is 13.9 Å². The minimum Gasteiger partial charge on any atom is -0.352 e. The van der Waals surface area contributed by atoms with Crippen molar-refractivity contribution in [2.45, 2.75) is 57.6 Å². The van der Waals surface area contributed by atoms with Crippen LogP contribution in [0.2, 0.25) is 10.0 Å². The minimum absolute atomic E-state index is 0.0447. The van der Waals surface area contributed by atoms with Crippen LogP contribution in [-0.2, 0) is 32.6 Å². The van der Waals surface area contributed by atoms with Crippen molar-refractivity contribution in [3.05, 3.63) is 129 Å². The molecule has 0 unspecified atom stereocenters. The Balaban J connectivity index is 1.85. The molecular formula is C35H37Cl2N3O4S. The van der Waals surface area contributed by atoms with Crippen LogP contribution in [0.25, 0.3) is 0 Å². The molecule has 0 fully saturated rings. The van der Waals surface area contributed by atoms with Crippen molar-refractivity contribution in [1.29, 1.82) is 0 Å². The van der Waals surface area contributed by atoms with Gasteiger partial charge in [-0.1, -0.05) is 95.5 Å². The van der Waals surface area contributed by atoms with E-state index in [0.717, 1.165) is 15.4 Å². The summed E-state index contributed by atoms with van der Waals surface area (Å²) in [5, 5.41) is 3.59. The molecule has 45 heavy (non-hydrogen) atoms. The van der Waals surface area contributed by atoms with Gasteiger partial charge in [0.2, 0.25) is 11.8 Å². The molecule has 4 rings (SSSR count). The van der Waals surface area contributed by atoms with Gasteiger partial charge in [-0.15, -0.1) is 0 Å². The zero-order valence-electron chi connectivity index (χ0n) is 25.7. The summed E-state index contributed by atoms with van der Waals surface area (Å²) in [6, 6.07) is 26.6. The number of nitrogens with zero attached hydrogens (tertiary/aromatic N) is 2. The minimum atomic E-state index is -4.20. The smallest absolute Gasteiger partial charge is 0.264 e. The molecule has 2 amide bonds. The summed E-state index contributed by atoms with van der Waals surface area (Å²) in [5.74, 6) is -0.973. The number of anilines is 1. The molecule has 0 aliphatic heterocycles. The van der Waals surface area contributed by atoms with Crippen molar-refractivity contribution in [3.63, 3.8) is 0 Å². The first kappa shape index (κ1) is 34.0. The molecule has 4 aromatic carbocycles. The second kappa shape index (κ2) is 15.0. The van der Waals surface area contributed by atoms with Crippen molar-refractivity contribution in [3.8, 4) is 0 Å². The topological polar surface area (TPSA) is 86.8 Å². The normalized spacial score (nSPS) is 12.1. The Morgan fingerprint density at radius 2 is 1.40 bits per heavy atom. The highest BCUT2D eigenvalue weighted by Crippen LogP contribution is 2.30. The van der Waals surface area contributed by atoms with E-state index in [1.165, 1.54) is 17.0 Å². The second-order valence-corrected chi connectivity index (χ2v) is 13.9. The highest BCUT2D eigenvalue weighted by atomic mass is 35.5. The molecule has 0 saturated heterocycles. The molecule has 0 bridgehead atoms. The number of amides is 2. The average molecular weight is 667 g/mol. The number of hydrogen-bond acceptors (Lipinski definition) is 4. The van der Waals surface area contributed by atoms with E-state index in [9.17, 15) is 18.0 Å². The third kappa shape index (κ3) is 8.45. The van der Waals surface area contributed by atoms with Gasteiger partial charge >= 0.3 is 0 Å². The fraction of sp³-hybridized carbons (Fsp3) is 0.257. The number of aryl methyl sites for hydroxylation is 2. The molecule has 10 heteroatoms. The molecule has 1 N–H and O–H groups in total. The first-order valence-electron chi connectivity index (χ1n) is 14.6. The van der Waals surface area contributed by atoms with Gasteiger partial charge < -0.3 is 10.2 Å². The lowest BCUT2D eigenvalue weighted by Crippen LogP contribution is -2.54. The quantitative estimate of drug-likeness (QED) is 0.177. The molecule has 7 nitrogen and oxygen atoms in total. The van der Waals surface area contributed by atoms with Crippen LogP contribution in [0.1, 0.15) is 36.1 Å². The van der Waals surface area contributed by atoms with E-state index in [4.69, 9.17) is 23.2 Å². The zero-order valence-corrected chi connectivity index (χ0v) is 28.0. The van der Waals surface area contributed by atoms with Crippen LogP contribution < -0.4 is 9.62 Å². The van der Waals surface area contributed by atoms with Gasteiger partial charge in [-0.2, -0.15) is 0 Å². The van der Waals surface area contributed by atoms with Gasteiger partial charge in [0.15, 0.2) is 0 Å². The lowest BCUT2D eigenvalue weighted by Gasteiger charge is -2.34. The Hall–Kier alpha value is -3.85. The molecule has 0 saturated carbocycles. The average Bonchev–Trinajstić information content (AvgIpc) is 2.99. The summed E-state index contributed by atoms with van der Waals surface area (Å²) in [4.78, 5) is 29.8. The predicted molar refractivity (Wildman–Crippen MR) is 181 cm³/mol. The predicted octanol–water partition coefficient (Wildman–Crippen LogP) is 6.97. The van der Waals surface area contributed by atoms with E-state index < -0.39 is 28.5 Å². The summed E-state index contributed by atoms with van der Waals surface area (Å²) in [7, 11) is -4.20. The van der Waals surface area contributed by atoms with Crippen LogP contribution in [-0.4, -0.2) is 43.8 Å². The van der Waals surface area contributed by atoms with E-state index in [2.05, 4.69) is 5.32 Å². The first-order valence-corrected chi connectivity index (χ1v) is 16.8. The Morgan fingerprint density at radius 1 is 0.800 bits per heavy atom. The molecule has 0 heterocycles. The molecule has 236 valence electrons. The van der Waals surface area contributed by atoms with E-state index >= 15 is 0 Å². The van der Waals surface area contributed by atoms with E-state index in [1.807, 2.05) is 51.1 Å². The van der Waals surface area contributed by atoms with Crippen molar-refractivity contribution in [2.75, 3.05) is 10.8 Å². The molecule has 0 radical (unpaired) electrons. The maximum atomic E-state index is 14.6. The Bertz CT molecular complexity index is 1730. The number of halogens is 2. The van der Waals surface area contributed by atoms with Gasteiger partial charge in [0.1, 0.15) is 12.6 Å². The number of carbonyl (C=O) groups is 2. The monoisotopic (exact) mass is 665 g/mol. The summed E-state index contributed by atoms with van der Waals surface area (Å²) in [5.41, 5.74) is 3.20. The van der Waals surface area contributed by atoms with Crippen LogP contribution in [0.3, 0.4) is 0 Å². The standard InChI is InChI=1S/C35H37Cl2N3O4S/c1-24(2)38-35(42)33(21-27-12-6-5-7-13-27)39(22-29-30(36)14-10-15-31(29)37)34(41)23-40(32-16-9-8-11-26(32)4)45(43,44)28-19-17-25(3)18-20-28/h5-20,24,33H,21-23H2,1-4H3,(H,38,42)/t33-/m0/s1. The second-order valence-electron chi connectivity index (χ2n) is 11.2. The first-order chi connectivity index (χ1) is 21.4. The third-order valence-electron chi connectivity index (χ3n) is 7.36. The fourth-order valence-corrected chi connectivity index (χ4v) is 6.98. The number of benzene rings is 4. The fourth-order valence-electron chi connectivity index (χ4n) is 4.98. The van der Waals surface area contributed by atoms with Crippen molar-refractivity contribution in [2.24, 2.45) is 0 Å². The highest BCUT2D eigenvalue weighted by molar-refractivity contribution is 7.92. The van der Waals surface area contributed by atoms with Crippen molar-refractivity contribution in [1.82, 2.24) is 10.2 Å². The summed E-state index contributed by atoms with van der Waals surface area (Å²) in [6.45, 7) is 6.64. The molecule has 0 aliphatic rings. The summed E-state index contributed by atoms with van der Waals surface area (Å²) >= 11 is 13.1. The molecule has 0 aromatic heterocycles. The number of hydrogen-bond donors (Lipinski definition) is 1. The lowest BCUT2D eigenvalue weighted by atomic mass is 10.0. The zero-order chi connectivity index (χ0) is 32.7. The van der Waals surface area contributed by atoms with Crippen LogP contribution in [0, 0.1) is 13.8 Å². The Morgan fingerprint density at radius 3 is 2.00 bits per heavy atom. The van der Waals surface area contributed by atoms with E-state index in [0.29, 0.717) is 26.9 Å². The van der Waals surface area contributed by atoms with Crippen molar-refractivity contribution >= 4 is 50.7 Å². The van der Waals surface area contributed by atoms with Gasteiger partial charge in [-0.25, -0.2) is 8.42 Å². The van der Waals surface area contributed by atoms with Crippen LogP contribution in [0.4, 0.5) is 5.69 Å².